The number of halogens is 1. The summed E-state index contributed by atoms with van der Waals surface area (Å²) in [6.45, 7) is 0.686. The van der Waals surface area contributed by atoms with E-state index in [1.807, 2.05) is 0 Å². The van der Waals surface area contributed by atoms with Crippen LogP contribution in [-0.2, 0) is 0 Å². The van der Waals surface area contributed by atoms with Crippen LogP contribution in [-0.4, -0.2) is 34.6 Å². The third-order valence-corrected chi connectivity index (χ3v) is 3.10. The molecule has 0 amide bonds. The van der Waals surface area contributed by atoms with E-state index in [0.717, 1.165) is 0 Å². The fourth-order valence-corrected chi connectivity index (χ4v) is 2.08. The molecule has 0 unspecified atom stereocenters. The van der Waals surface area contributed by atoms with E-state index in [2.05, 4.69) is 9.68 Å². The van der Waals surface area contributed by atoms with Crippen molar-refractivity contribution in [3.05, 3.63) is 22.9 Å². The zero-order valence-electron chi connectivity index (χ0n) is 9.92. The Morgan fingerprint density at radius 1 is 1.30 bits per heavy atom. The first-order valence-electron chi connectivity index (χ1n) is 5.59. The minimum Gasteiger partial charge on any atom is -0.506 e. The van der Waals surface area contributed by atoms with Crippen LogP contribution in [0.4, 0.5) is 0 Å². The fraction of sp³-hybridized carbons (Fsp3) is 0.167. The molecule has 104 valence electrons. The van der Waals surface area contributed by atoms with E-state index < -0.39 is 5.97 Å². The molecule has 0 atom stereocenters. The van der Waals surface area contributed by atoms with Crippen molar-refractivity contribution in [1.29, 1.82) is 0 Å². The molecule has 0 fully saturated rings. The molecule has 2 N–H and O–H groups in total. The number of phenols is 1. The van der Waals surface area contributed by atoms with Crippen LogP contribution in [0.25, 0.3) is 11.3 Å². The summed E-state index contributed by atoms with van der Waals surface area (Å²) < 4.78 is 15.3. The summed E-state index contributed by atoms with van der Waals surface area (Å²) in [7, 11) is 0. The number of hydrogen-bond donors (Lipinski definition) is 2. The van der Waals surface area contributed by atoms with Crippen molar-refractivity contribution < 1.29 is 29.0 Å². The molecule has 0 saturated carbocycles. The lowest BCUT2D eigenvalue weighted by Gasteiger charge is -2.20. The number of phenolic OH excluding ortho intramolecular Hbond substituents is 1. The van der Waals surface area contributed by atoms with E-state index in [1.54, 1.807) is 0 Å². The van der Waals surface area contributed by atoms with Gasteiger partial charge in [0.05, 0.1) is 5.56 Å². The van der Waals surface area contributed by atoms with Gasteiger partial charge in [-0.2, -0.15) is 0 Å². The van der Waals surface area contributed by atoms with E-state index >= 15 is 0 Å². The highest BCUT2D eigenvalue weighted by molar-refractivity contribution is 6.34. The van der Waals surface area contributed by atoms with Crippen molar-refractivity contribution >= 4 is 17.6 Å². The first kappa shape index (κ1) is 12.6. The summed E-state index contributed by atoms with van der Waals surface area (Å²) in [5, 5.41) is 22.4. The van der Waals surface area contributed by atoms with Crippen molar-refractivity contribution in [1.82, 2.24) is 5.16 Å². The molecule has 1 aromatic carbocycles. The number of carboxylic acid groups (broad SMARTS) is 1. The normalized spacial score (nSPS) is 13.2. The van der Waals surface area contributed by atoms with Crippen LogP contribution in [0, 0.1) is 0 Å². The first-order valence-corrected chi connectivity index (χ1v) is 5.97. The first-order chi connectivity index (χ1) is 9.58. The molecule has 20 heavy (non-hydrogen) atoms. The van der Waals surface area contributed by atoms with E-state index in [-0.39, 0.29) is 33.5 Å². The van der Waals surface area contributed by atoms with Gasteiger partial charge in [0.15, 0.2) is 11.5 Å². The third-order valence-electron chi connectivity index (χ3n) is 2.75. The number of nitrogens with zero attached hydrogens (tertiary/aromatic N) is 1. The molecular formula is C12H8ClNO6. The second kappa shape index (κ2) is 4.61. The zero-order valence-corrected chi connectivity index (χ0v) is 10.7. The van der Waals surface area contributed by atoms with Crippen LogP contribution < -0.4 is 9.47 Å². The number of ether oxygens (including phenoxy) is 2. The van der Waals surface area contributed by atoms with Gasteiger partial charge in [-0.3, -0.25) is 0 Å². The second-order valence-corrected chi connectivity index (χ2v) is 4.37. The van der Waals surface area contributed by atoms with E-state index in [4.69, 9.17) is 26.2 Å². The molecule has 0 spiro atoms. The van der Waals surface area contributed by atoms with Crippen LogP contribution in [0.5, 0.6) is 17.2 Å². The van der Waals surface area contributed by atoms with Crippen LogP contribution >= 0.6 is 11.6 Å². The molecular weight excluding hydrogens is 290 g/mol. The molecule has 3 rings (SSSR count). The number of aromatic hydroxyl groups is 1. The van der Waals surface area contributed by atoms with E-state index in [1.165, 1.54) is 12.1 Å². The van der Waals surface area contributed by atoms with Gasteiger partial charge in [-0.15, -0.1) is 0 Å². The number of carboxylic acids is 1. The molecule has 0 radical (unpaired) electrons. The van der Waals surface area contributed by atoms with Crippen molar-refractivity contribution in [2.45, 2.75) is 0 Å². The molecule has 7 nitrogen and oxygen atoms in total. The van der Waals surface area contributed by atoms with Gasteiger partial charge in [-0.05, 0) is 6.07 Å². The number of carbonyl (C=O) groups is 1. The molecule has 0 aliphatic carbocycles. The molecule has 1 aliphatic heterocycles. The highest BCUT2D eigenvalue weighted by Gasteiger charge is 2.24. The largest absolute Gasteiger partial charge is 0.506 e. The van der Waals surface area contributed by atoms with E-state index in [0.29, 0.717) is 19.0 Å². The number of hydrogen-bond acceptors (Lipinski definition) is 6. The predicted molar refractivity (Wildman–Crippen MR) is 66.6 cm³/mol. The monoisotopic (exact) mass is 297 g/mol. The smallest absolute Gasteiger partial charge is 0.374 e. The topological polar surface area (TPSA) is 102 Å². The molecule has 1 aliphatic rings. The Bertz CT molecular complexity index is 695. The maximum absolute atomic E-state index is 10.8. The average Bonchev–Trinajstić information content (AvgIpc) is 2.92. The summed E-state index contributed by atoms with van der Waals surface area (Å²) in [5.74, 6) is -1.27. The Morgan fingerprint density at radius 3 is 2.75 bits per heavy atom. The number of fused-ring (bicyclic) bond motifs is 1. The Balaban J connectivity index is 2.13. The summed E-state index contributed by atoms with van der Waals surface area (Å²) in [6.07, 6.45) is 0. The fourth-order valence-electron chi connectivity index (χ4n) is 1.83. The van der Waals surface area contributed by atoms with Crippen molar-refractivity contribution in [2.75, 3.05) is 13.2 Å². The summed E-state index contributed by atoms with van der Waals surface area (Å²) >= 11 is 6.01. The molecule has 1 aromatic heterocycles. The van der Waals surface area contributed by atoms with Crippen LogP contribution in [0.2, 0.25) is 5.02 Å². The average molecular weight is 298 g/mol. The van der Waals surface area contributed by atoms with Gasteiger partial charge in [0.1, 0.15) is 29.7 Å². The standard InChI is InChI=1S/C12H8ClNO6/c13-9-10(15)5(3-7-11(9)19-2-1-18-7)6-4-8(12(16)17)20-14-6/h3-4,15H,1-2H2,(H,16,17). The molecule has 2 aromatic rings. The van der Waals surface area contributed by atoms with Crippen LogP contribution in [0.1, 0.15) is 10.6 Å². The molecule has 2 heterocycles. The highest BCUT2D eigenvalue weighted by Crippen LogP contribution is 2.48. The lowest BCUT2D eigenvalue weighted by Crippen LogP contribution is -2.15. The Morgan fingerprint density at radius 2 is 2.05 bits per heavy atom. The van der Waals surface area contributed by atoms with Crippen LogP contribution in [0.15, 0.2) is 16.7 Å². The Kier molecular flexibility index (Phi) is 2.90. The molecule has 0 bridgehead atoms. The lowest BCUT2D eigenvalue weighted by molar-refractivity contribution is 0.0652. The summed E-state index contributed by atoms with van der Waals surface area (Å²) in [4.78, 5) is 10.8. The number of benzene rings is 1. The van der Waals surface area contributed by atoms with Gasteiger partial charge < -0.3 is 24.2 Å². The quantitative estimate of drug-likeness (QED) is 0.875. The van der Waals surface area contributed by atoms with Crippen LogP contribution in [0.3, 0.4) is 0 Å². The van der Waals surface area contributed by atoms with Crippen molar-refractivity contribution in [3.63, 3.8) is 0 Å². The third kappa shape index (κ3) is 1.92. The SMILES string of the molecule is O=C(O)c1cc(-c2cc3c(c(Cl)c2O)OCCO3)no1. The summed E-state index contributed by atoms with van der Waals surface area (Å²) in [6, 6.07) is 2.66. The van der Waals surface area contributed by atoms with Gasteiger partial charge in [-0.25, -0.2) is 4.79 Å². The maximum atomic E-state index is 10.8. The number of aromatic carboxylic acids is 1. The second-order valence-electron chi connectivity index (χ2n) is 3.99. The van der Waals surface area contributed by atoms with E-state index in [9.17, 15) is 9.90 Å². The lowest BCUT2D eigenvalue weighted by atomic mass is 10.1. The minimum absolute atomic E-state index is 0.0166. The minimum atomic E-state index is -1.26. The number of aromatic nitrogens is 1. The van der Waals surface area contributed by atoms with Gasteiger partial charge in [0.2, 0.25) is 5.76 Å². The van der Waals surface area contributed by atoms with Crippen molar-refractivity contribution in [3.8, 4) is 28.5 Å². The van der Waals surface area contributed by atoms with Gasteiger partial charge >= 0.3 is 5.97 Å². The van der Waals surface area contributed by atoms with Crippen molar-refractivity contribution in [2.24, 2.45) is 0 Å². The zero-order chi connectivity index (χ0) is 14.3. The number of rotatable bonds is 2. The Labute approximate surface area is 117 Å². The highest BCUT2D eigenvalue weighted by atomic mass is 35.5. The Hall–Kier alpha value is -2.41. The molecule has 0 saturated heterocycles. The van der Waals surface area contributed by atoms with Gasteiger partial charge in [0.25, 0.3) is 0 Å². The van der Waals surface area contributed by atoms with Gasteiger partial charge in [-0.1, -0.05) is 16.8 Å². The van der Waals surface area contributed by atoms with Gasteiger partial charge in [0, 0.05) is 6.07 Å². The maximum Gasteiger partial charge on any atom is 0.374 e. The summed E-state index contributed by atoms with van der Waals surface area (Å²) in [5.41, 5.74) is 0.342. The predicted octanol–water partition coefficient (Wildman–Crippen LogP) is 2.17. The molecule has 8 heteroatoms.